The summed E-state index contributed by atoms with van der Waals surface area (Å²) in [6.07, 6.45) is 1.62. The molecule has 1 aliphatic carbocycles. The van der Waals surface area contributed by atoms with Crippen molar-refractivity contribution >= 4 is 0 Å². The fraction of sp³-hybridized carbons (Fsp3) is 0.478. The number of fused-ring (bicyclic) bond motifs is 1. The van der Waals surface area contributed by atoms with E-state index in [0.717, 1.165) is 37.4 Å². The van der Waals surface area contributed by atoms with Crippen molar-refractivity contribution in [1.82, 2.24) is 5.32 Å². The first-order valence-corrected chi connectivity index (χ1v) is 9.81. The van der Waals surface area contributed by atoms with Crippen molar-refractivity contribution in [2.75, 3.05) is 20.2 Å². The van der Waals surface area contributed by atoms with Gasteiger partial charge in [0.2, 0.25) is 0 Å². The van der Waals surface area contributed by atoms with Crippen molar-refractivity contribution < 1.29 is 14.6 Å². The van der Waals surface area contributed by atoms with Gasteiger partial charge < -0.3 is 19.9 Å². The molecular formula is C23H29NO3. The maximum absolute atomic E-state index is 10.3. The summed E-state index contributed by atoms with van der Waals surface area (Å²) in [6, 6.07) is 14.8. The summed E-state index contributed by atoms with van der Waals surface area (Å²) in [4.78, 5) is 0. The molecule has 0 aromatic heterocycles. The Hall–Kier alpha value is -2.04. The number of aliphatic hydroxyl groups excluding tert-OH is 1. The molecule has 0 radical (unpaired) electrons. The van der Waals surface area contributed by atoms with Gasteiger partial charge in [0.1, 0.15) is 6.10 Å². The van der Waals surface area contributed by atoms with Crippen LogP contribution in [0, 0.1) is 5.41 Å². The number of nitrogens with one attached hydrogen (secondary N) is 1. The minimum atomic E-state index is -0.381. The van der Waals surface area contributed by atoms with Gasteiger partial charge in [-0.05, 0) is 35.7 Å². The molecular weight excluding hydrogens is 338 g/mol. The van der Waals surface area contributed by atoms with Crippen molar-refractivity contribution in [3.05, 3.63) is 59.2 Å². The second-order valence-electron chi connectivity index (χ2n) is 8.19. The molecule has 4 rings (SSSR count). The summed E-state index contributed by atoms with van der Waals surface area (Å²) < 4.78 is 12.0. The SMILES string of the molecule is COc1ccc([C@@H]2CNC[C@@]2(C)[C@H](C)O)cc1OC1Cc2ccccc2C1. The summed E-state index contributed by atoms with van der Waals surface area (Å²) in [5.74, 6) is 1.80. The molecule has 0 spiro atoms. The Morgan fingerprint density at radius 2 is 1.81 bits per heavy atom. The molecule has 1 heterocycles. The Morgan fingerprint density at radius 3 is 2.44 bits per heavy atom. The van der Waals surface area contributed by atoms with Crippen LogP contribution in [0.4, 0.5) is 0 Å². The topological polar surface area (TPSA) is 50.7 Å². The number of ether oxygens (including phenoxy) is 2. The second-order valence-corrected chi connectivity index (χ2v) is 8.19. The van der Waals surface area contributed by atoms with Crippen LogP contribution in [0.15, 0.2) is 42.5 Å². The second kappa shape index (κ2) is 7.17. The van der Waals surface area contributed by atoms with Crippen molar-refractivity contribution in [3.63, 3.8) is 0 Å². The van der Waals surface area contributed by atoms with Crippen molar-refractivity contribution in [2.24, 2.45) is 5.41 Å². The van der Waals surface area contributed by atoms with E-state index in [-0.39, 0.29) is 23.5 Å². The Labute approximate surface area is 161 Å². The smallest absolute Gasteiger partial charge is 0.161 e. The van der Waals surface area contributed by atoms with E-state index in [9.17, 15) is 5.11 Å². The van der Waals surface area contributed by atoms with E-state index in [2.05, 4.69) is 48.6 Å². The zero-order valence-electron chi connectivity index (χ0n) is 16.4. The van der Waals surface area contributed by atoms with E-state index in [1.54, 1.807) is 7.11 Å². The van der Waals surface area contributed by atoms with Crippen LogP contribution in [0.5, 0.6) is 11.5 Å². The summed E-state index contributed by atoms with van der Waals surface area (Å²) in [5.41, 5.74) is 3.75. The fourth-order valence-electron chi connectivity index (χ4n) is 4.56. The molecule has 4 heteroatoms. The minimum Gasteiger partial charge on any atom is -0.493 e. The molecule has 4 nitrogen and oxygen atoms in total. The Kier molecular flexibility index (Phi) is 4.87. The van der Waals surface area contributed by atoms with Crippen LogP contribution in [-0.4, -0.2) is 37.5 Å². The molecule has 144 valence electrons. The van der Waals surface area contributed by atoms with E-state index in [1.807, 2.05) is 13.0 Å². The van der Waals surface area contributed by atoms with Crippen molar-refractivity contribution in [2.45, 2.75) is 44.8 Å². The van der Waals surface area contributed by atoms with Gasteiger partial charge in [-0.15, -0.1) is 0 Å². The van der Waals surface area contributed by atoms with Crippen LogP contribution in [0.1, 0.15) is 36.5 Å². The summed E-state index contributed by atoms with van der Waals surface area (Å²) in [7, 11) is 1.68. The molecule has 0 unspecified atom stereocenters. The van der Waals surface area contributed by atoms with Gasteiger partial charge >= 0.3 is 0 Å². The summed E-state index contributed by atoms with van der Waals surface area (Å²) in [6.45, 7) is 5.72. The van der Waals surface area contributed by atoms with E-state index in [1.165, 1.54) is 16.7 Å². The molecule has 0 saturated carbocycles. The maximum atomic E-state index is 10.3. The normalized spacial score (nSPS) is 26.0. The molecule has 27 heavy (non-hydrogen) atoms. The maximum Gasteiger partial charge on any atom is 0.161 e. The van der Waals surface area contributed by atoms with Crippen molar-refractivity contribution in [3.8, 4) is 11.5 Å². The van der Waals surface area contributed by atoms with Gasteiger partial charge in [0.25, 0.3) is 0 Å². The van der Waals surface area contributed by atoms with Crippen LogP contribution < -0.4 is 14.8 Å². The van der Waals surface area contributed by atoms with Crippen LogP contribution in [0.3, 0.4) is 0 Å². The van der Waals surface area contributed by atoms with Crippen LogP contribution in [0.2, 0.25) is 0 Å². The monoisotopic (exact) mass is 367 g/mol. The molecule has 2 aromatic rings. The summed E-state index contributed by atoms with van der Waals surface area (Å²) >= 11 is 0. The Morgan fingerprint density at radius 1 is 1.11 bits per heavy atom. The van der Waals surface area contributed by atoms with Gasteiger partial charge in [0.05, 0.1) is 13.2 Å². The number of methoxy groups -OCH3 is 1. The number of hydrogen-bond donors (Lipinski definition) is 2. The molecule has 2 aliphatic rings. The molecule has 3 atom stereocenters. The number of hydrogen-bond acceptors (Lipinski definition) is 4. The molecule has 2 aromatic carbocycles. The third-order valence-electron chi connectivity index (χ3n) is 6.50. The Balaban J connectivity index is 1.59. The van der Waals surface area contributed by atoms with Gasteiger partial charge in [-0.3, -0.25) is 0 Å². The number of rotatable bonds is 5. The quantitative estimate of drug-likeness (QED) is 0.851. The summed E-state index contributed by atoms with van der Waals surface area (Å²) in [5, 5.41) is 13.8. The van der Waals surface area contributed by atoms with Crippen LogP contribution in [0.25, 0.3) is 0 Å². The molecule has 0 amide bonds. The predicted molar refractivity (Wildman–Crippen MR) is 107 cm³/mol. The average Bonchev–Trinajstić information content (AvgIpc) is 3.25. The third kappa shape index (κ3) is 3.32. The van der Waals surface area contributed by atoms with Crippen molar-refractivity contribution in [1.29, 1.82) is 0 Å². The number of benzene rings is 2. The van der Waals surface area contributed by atoms with Gasteiger partial charge in [0, 0.05) is 37.3 Å². The molecule has 0 bridgehead atoms. The highest BCUT2D eigenvalue weighted by Crippen LogP contribution is 2.44. The van der Waals surface area contributed by atoms with E-state index in [0.29, 0.717) is 0 Å². The van der Waals surface area contributed by atoms with Gasteiger partial charge in [-0.2, -0.15) is 0 Å². The predicted octanol–water partition coefficient (Wildman–Crippen LogP) is 3.32. The lowest BCUT2D eigenvalue weighted by atomic mass is 9.72. The molecule has 1 fully saturated rings. The minimum absolute atomic E-state index is 0.136. The van der Waals surface area contributed by atoms with E-state index in [4.69, 9.17) is 9.47 Å². The lowest BCUT2D eigenvalue weighted by Gasteiger charge is -2.34. The van der Waals surface area contributed by atoms with Crippen LogP contribution in [-0.2, 0) is 12.8 Å². The first-order chi connectivity index (χ1) is 13.0. The van der Waals surface area contributed by atoms with E-state index < -0.39 is 0 Å². The Bertz CT molecular complexity index is 794. The molecule has 1 aliphatic heterocycles. The molecule has 1 saturated heterocycles. The van der Waals surface area contributed by atoms with Gasteiger partial charge in [-0.25, -0.2) is 0 Å². The zero-order chi connectivity index (χ0) is 19.0. The lowest BCUT2D eigenvalue weighted by molar-refractivity contribution is 0.0548. The van der Waals surface area contributed by atoms with Crippen LogP contribution >= 0.6 is 0 Å². The highest BCUT2D eigenvalue weighted by molar-refractivity contribution is 5.45. The number of aliphatic hydroxyl groups is 1. The highest BCUT2D eigenvalue weighted by Gasteiger charge is 2.43. The first-order valence-electron chi connectivity index (χ1n) is 9.81. The van der Waals surface area contributed by atoms with Gasteiger partial charge in [-0.1, -0.05) is 37.3 Å². The van der Waals surface area contributed by atoms with Gasteiger partial charge in [0.15, 0.2) is 11.5 Å². The average molecular weight is 367 g/mol. The fourth-order valence-corrected chi connectivity index (χ4v) is 4.56. The first kappa shape index (κ1) is 18.3. The standard InChI is InChI=1S/C23H29NO3/c1-15(25)23(2)14-24-13-20(23)18-8-9-21(26-3)22(12-18)27-19-10-16-6-4-5-7-17(16)11-19/h4-9,12,15,19-20,24-25H,10-11,13-14H2,1-3H3/t15-,20-,23-/m0/s1. The largest absolute Gasteiger partial charge is 0.493 e. The zero-order valence-corrected chi connectivity index (χ0v) is 16.4. The lowest BCUT2D eigenvalue weighted by Crippen LogP contribution is -2.36. The highest BCUT2D eigenvalue weighted by atomic mass is 16.5. The van der Waals surface area contributed by atoms with E-state index >= 15 is 0 Å². The molecule has 2 N–H and O–H groups in total. The third-order valence-corrected chi connectivity index (χ3v) is 6.50.